The average molecular weight is 532 g/mol. The number of nitrogens with zero attached hydrogens (tertiary/aromatic N) is 3. The first-order chi connectivity index (χ1) is 14.9. The summed E-state index contributed by atoms with van der Waals surface area (Å²) in [5.41, 5.74) is 1.03. The molecule has 1 amide bonds. The number of hydrogen-bond acceptors (Lipinski definition) is 8. The van der Waals surface area contributed by atoms with E-state index in [2.05, 4.69) is 4.98 Å². The maximum Gasteiger partial charge on any atom is 0.233 e. The van der Waals surface area contributed by atoms with E-state index in [-0.39, 0.29) is 34.5 Å². The van der Waals surface area contributed by atoms with E-state index in [9.17, 15) is 21.6 Å². The van der Waals surface area contributed by atoms with Crippen LogP contribution in [0.25, 0.3) is 10.2 Å². The number of amides is 1. The standard InChI is InChI=1S/C21H25N3O5S3.ClH/c1-23(2)12-13-24(19(25)14-15-8-10-16(11-9-15)31(3,26)27)21-22-20-17(30-21)6-5-7-18(20)32(4,28)29;/h5-11H,12-14H2,1-4H3;1H. The molecule has 0 aliphatic heterocycles. The predicted molar refractivity (Wildman–Crippen MR) is 134 cm³/mol. The van der Waals surface area contributed by atoms with Crippen LogP contribution in [0.1, 0.15) is 5.56 Å². The van der Waals surface area contributed by atoms with Gasteiger partial charge in [0.2, 0.25) is 5.91 Å². The van der Waals surface area contributed by atoms with E-state index in [0.29, 0.717) is 34.0 Å². The summed E-state index contributed by atoms with van der Waals surface area (Å²) < 4.78 is 48.3. The molecule has 0 unspecified atom stereocenters. The van der Waals surface area contributed by atoms with Crippen molar-refractivity contribution in [1.82, 2.24) is 9.88 Å². The fourth-order valence-electron chi connectivity index (χ4n) is 3.08. The van der Waals surface area contributed by atoms with E-state index < -0.39 is 19.7 Å². The topological polar surface area (TPSA) is 105 Å². The van der Waals surface area contributed by atoms with Gasteiger partial charge in [0.05, 0.1) is 20.9 Å². The molecule has 2 aromatic carbocycles. The monoisotopic (exact) mass is 531 g/mol. The van der Waals surface area contributed by atoms with Gasteiger partial charge < -0.3 is 4.90 Å². The smallest absolute Gasteiger partial charge is 0.233 e. The van der Waals surface area contributed by atoms with Crippen molar-refractivity contribution in [3.05, 3.63) is 48.0 Å². The molecule has 1 heterocycles. The van der Waals surface area contributed by atoms with Gasteiger partial charge >= 0.3 is 0 Å². The number of fused-ring (bicyclic) bond motifs is 1. The van der Waals surface area contributed by atoms with E-state index in [1.807, 2.05) is 19.0 Å². The van der Waals surface area contributed by atoms with Crippen LogP contribution in [0, 0.1) is 0 Å². The number of benzene rings is 2. The lowest BCUT2D eigenvalue weighted by Crippen LogP contribution is -2.37. The van der Waals surface area contributed by atoms with Crippen LogP contribution in [0.5, 0.6) is 0 Å². The van der Waals surface area contributed by atoms with Gasteiger partial charge in [-0.1, -0.05) is 29.5 Å². The zero-order valence-electron chi connectivity index (χ0n) is 18.7. The number of halogens is 1. The number of para-hydroxylation sites is 1. The van der Waals surface area contributed by atoms with Crippen LogP contribution < -0.4 is 4.90 Å². The molecule has 0 N–H and O–H groups in total. The first-order valence-electron chi connectivity index (χ1n) is 9.70. The number of rotatable bonds is 8. The van der Waals surface area contributed by atoms with Crippen LogP contribution in [0.2, 0.25) is 0 Å². The van der Waals surface area contributed by atoms with E-state index >= 15 is 0 Å². The SMILES string of the molecule is CN(C)CCN(C(=O)Cc1ccc(S(C)(=O)=O)cc1)c1nc2c(S(C)(=O)=O)cccc2s1.Cl. The second-order valence-electron chi connectivity index (χ2n) is 7.81. The number of anilines is 1. The largest absolute Gasteiger partial charge is 0.308 e. The van der Waals surface area contributed by atoms with Crippen LogP contribution in [-0.2, 0) is 30.9 Å². The van der Waals surface area contributed by atoms with Crippen molar-refractivity contribution in [2.75, 3.05) is 44.6 Å². The average Bonchev–Trinajstić information content (AvgIpc) is 3.10. The number of likely N-dealkylation sites (N-methyl/N-ethyl adjacent to an activating group) is 1. The summed E-state index contributed by atoms with van der Waals surface area (Å²) in [6.45, 7) is 0.967. The molecule has 12 heteroatoms. The summed E-state index contributed by atoms with van der Waals surface area (Å²) in [7, 11) is -2.99. The quantitative estimate of drug-likeness (QED) is 0.440. The predicted octanol–water partition coefficient (Wildman–Crippen LogP) is 2.66. The lowest BCUT2D eigenvalue weighted by molar-refractivity contribution is -0.118. The molecule has 3 aromatic rings. The Morgan fingerprint density at radius 2 is 1.58 bits per heavy atom. The zero-order chi connectivity index (χ0) is 23.7. The molecule has 0 bridgehead atoms. The van der Waals surface area contributed by atoms with Crippen molar-refractivity contribution in [2.45, 2.75) is 16.2 Å². The van der Waals surface area contributed by atoms with E-state index in [1.165, 1.54) is 29.5 Å². The molecular formula is C21H26ClN3O5S3. The normalized spacial score (nSPS) is 12.0. The maximum atomic E-state index is 13.2. The van der Waals surface area contributed by atoms with Crippen molar-refractivity contribution in [1.29, 1.82) is 0 Å². The Bertz CT molecular complexity index is 1350. The number of aromatic nitrogens is 1. The lowest BCUT2D eigenvalue weighted by Gasteiger charge is -2.22. The van der Waals surface area contributed by atoms with Crippen molar-refractivity contribution in [3.63, 3.8) is 0 Å². The minimum atomic E-state index is -3.47. The highest BCUT2D eigenvalue weighted by Gasteiger charge is 2.23. The third-order valence-electron chi connectivity index (χ3n) is 4.78. The minimum Gasteiger partial charge on any atom is -0.308 e. The van der Waals surface area contributed by atoms with Crippen LogP contribution >= 0.6 is 23.7 Å². The molecule has 1 aromatic heterocycles. The molecule has 0 aliphatic carbocycles. The summed E-state index contributed by atoms with van der Waals surface area (Å²) in [6, 6.07) is 11.2. The van der Waals surface area contributed by atoms with Gasteiger partial charge in [0.25, 0.3) is 0 Å². The number of carbonyl (C=O) groups excluding carboxylic acids is 1. The summed E-state index contributed by atoms with van der Waals surface area (Å²) in [5, 5.41) is 0.427. The summed E-state index contributed by atoms with van der Waals surface area (Å²) in [4.78, 5) is 21.5. The molecule has 8 nitrogen and oxygen atoms in total. The first-order valence-corrected chi connectivity index (χ1v) is 14.3. The Balaban J connectivity index is 0.00000385. The van der Waals surface area contributed by atoms with Crippen molar-refractivity contribution in [3.8, 4) is 0 Å². The van der Waals surface area contributed by atoms with Crippen LogP contribution in [0.4, 0.5) is 5.13 Å². The highest BCUT2D eigenvalue weighted by atomic mass is 35.5. The fourth-order valence-corrected chi connectivity index (χ4v) is 5.64. The zero-order valence-corrected chi connectivity index (χ0v) is 21.9. The van der Waals surface area contributed by atoms with E-state index in [4.69, 9.17) is 0 Å². The third kappa shape index (κ3) is 6.73. The summed E-state index contributed by atoms with van der Waals surface area (Å²) >= 11 is 1.26. The van der Waals surface area contributed by atoms with Gasteiger partial charge in [-0.2, -0.15) is 0 Å². The van der Waals surface area contributed by atoms with Gasteiger partial charge in [-0.15, -0.1) is 12.4 Å². The molecule has 0 atom stereocenters. The van der Waals surface area contributed by atoms with Gasteiger partial charge in [-0.05, 0) is 43.9 Å². The number of hydrogen-bond donors (Lipinski definition) is 0. The fraction of sp³-hybridized carbons (Fsp3) is 0.333. The first kappa shape index (κ1) is 27.2. The molecule has 33 heavy (non-hydrogen) atoms. The second kappa shape index (κ2) is 10.5. The minimum absolute atomic E-state index is 0. The number of thiazole rings is 1. The lowest BCUT2D eigenvalue weighted by atomic mass is 10.1. The number of sulfone groups is 2. The molecule has 0 radical (unpaired) electrons. The van der Waals surface area contributed by atoms with Gasteiger partial charge in [0.1, 0.15) is 5.52 Å². The van der Waals surface area contributed by atoms with E-state index in [1.54, 1.807) is 29.2 Å². The van der Waals surface area contributed by atoms with Gasteiger partial charge in [-0.3, -0.25) is 9.69 Å². The molecule has 0 spiro atoms. The molecule has 0 saturated carbocycles. The van der Waals surface area contributed by atoms with Crippen LogP contribution in [-0.4, -0.2) is 72.3 Å². The van der Waals surface area contributed by atoms with Crippen LogP contribution in [0.15, 0.2) is 52.3 Å². The van der Waals surface area contributed by atoms with E-state index in [0.717, 1.165) is 12.5 Å². The van der Waals surface area contributed by atoms with Gasteiger partial charge in [0, 0.05) is 25.6 Å². The molecule has 0 fully saturated rings. The maximum absolute atomic E-state index is 13.2. The Kier molecular flexibility index (Phi) is 8.63. The Morgan fingerprint density at radius 1 is 0.939 bits per heavy atom. The van der Waals surface area contributed by atoms with Crippen molar-refractivity contribution >= 4 is 64.7 Å². The number of carbonyl (C=O) groups is 1. The Labute approximate surface area is 204 Å². The van der Waals surface area contributed by atoms with Crippen molar-refractivity contribution < 1.29 is 21.6 Å². The molecule has 180 valence electrons. The summed E-state index contributed by atoms with van der Waals surface area (Å²) in [5.74, 6) is -0.209. The summed E-state index contributed by atoms with van der Waals surface area (Å²) in [6.07, 6.45) is 2.33. The molecule has 0 aliphatic rings. The Morgan fingerprint density at radius 3 is 2.12 bits per heavy atom. The highest BCUT2D eigenvalue weighted by Crippen LogP contribution is 2.33. The molecular weight excluding hydrogens is 506 g/mol. The Hall–Kier alpha value is -2.05. The van der Waals surface area contributed by atoms with Gasteiger partial charge in [0.15, 0.2) is 24.8 Å². The molecule has 3 rings (SSSR count). The third-order valence-corrected chi connectivity index (χ3v) is 8.08. The highest BCUT2D eigenvalue weighted by molar-refractivity contribution is 7.91. The van der Waals surface area contributed by atoms with Crippen molar-refractivity contribution in [2.24, 2.45) is 0 Å². The molecule has 0 saturated heterocycles. The van der Waals surface area contributed by atoms with Gasteiger partial charge in [-0.25, -0.2) is 21.8 Å². The second-order valence-corrected chi connectivity index (χ2v) is 12.8. The van der Waals surface area contributed by atoms with Crippen LogP contribution in [0.3, 0.4) is 0 Å².